The second-order valence-corrected chi connectivity index (χ2v) is 7.47. The average molecular weight is 399 g/mol. The number of likely N-dealkylation sites (tertiary alicyclic amines) is 1. The van der Waals surface area contributed by atoms with Crippen molar-refractivity contribution < 1.29 is 14.3 Å². The molecule has 0 spiro atoms. The first-order valence-electron chi connectivity index (χ1n) is 9.04. The summed E-state index contributed by atoms with van der Waals surface area (Å²) < 4.78 is 12.8. The lowest BCUT2D eigenvalue weighted by molar-refractivity contribution is 0.0510. The summed E-state index contributed by atoms with van der Waals surface area (Å²) in [6.07, 6.45) is 4.65. The maximum absolute atomic E-state index is 13.1. The van der Waals surface area contributed by atoms with Gasteiger partial charge in [0.2, 0.25) is 0 Å². The molecule has 3 aromatic rings. The van der Waals surface area contributed by atoms with Crippen LogP contribution in [0.5, 0.6) is 11.8 Å². The summed E-state index contributed by atoms with van der Waals surface area (Å²) in [6, 6.07) is 5.83. The third-order valence-corrected chi connectivity index (χ3v) is 5.54. The van der Waals surface area contributed by atoms with E-state index in [0.717, 1.165) is 23.4 Å². The van der Waals surface area contributed by atoms with Gasteiger partial charge < -0.3 is 14.4 Å². The summed E-state index contributed by atoms with van der Waals surface area (Å²) in [7, 11) is 3.33. The quantitative estimate of drug-likeness (QED) is 0.656. The van der Waals surface area contributed by atoms with E-state index in [2.05, 4.69) is 15.1 Å². The minimum absolute atomic E-state index is 0.0442. The number of aromatic nitrogens is 4. The topological polar surface area (TPSA) is 82.4 Å². The zero-order chi connectivity index (χ0) is 19.5. The fourth-order valence-corrected chi connectivity index (χ4v) is 3.97. The van der Waals surface area contributed by atoms with Crippen molar-refractivity contribution in [1.29, 1.82) is 0 Å². The second-order valence-electron chi connectivity index (χ2n) is 6.52. The van der Waals surface area contributed by atoms with Gasteiger partial charge in [0.15, 0.2) is 0 Å². The van der Waals surface area contributed by atoms with Crippen LogP contribution >= 0.6 is 11.3 Å². The number of amides is 1. The Morgan fingerprint density at radius 1 is 1.29 bits per heavy atom. The molecule has 4 rings (SSSR count). The number of hydrogen-bond acceptors (Lipinski definition) is 7. The van der Waals surface area contributed by atoms with Crippen molar-refractivity contribution in [3.05, 3.63) is 41.7 Å². The van der Waals surface area contributed by atoms with E-state index in [1.54, 1.807) is 35.5 Å². The van der Waals surface area contributed by atoms with Gasteiger partial charge in [0.1, 0.15) is 17.5 Å². The fourth-order valence-electron chi connectivity index (χ4n) is 3.28. The van der Waals surface area contributed by atoms with Gasteiger partial charge in [-0.05, 0) is 30.4 Å². The maximum atomic E-state index is 13.1. The van der Waals surface area contributed by atoms with Crippen LogP contribution in [0.15, 0.2) is 36.0 Å². The number of methoxy groups -OCH3 is 1. The Morgan fingerprint density at radius 3 is 2.86 bits per heavy atom. The van der Waals surface area contributed by atoms with Crippen molar-refractivity contribution in [3.8, 4) is 22.3 Å². The standard InChI is InChI=1S/C19H21N5O3S/c1-23-15(11-14(22-23)16-6-4-10-28-16)19(25)24-9-3-5-13(12-24)27-18-17(26-2)20-7-8-21-18/h4,6-8,10-11,13H,3,5,9,12H2,1-2H3. The van der Waals surface area contributed by atoms with Crippen molar-refractivity contribution in [2.45, 2.75) is 18.9 Å². The Bertz CT molecular complexity index is 956. The summed E-state index contributed by atoms with van der Waals surface area (Å²) >= 11 is 1.60. The van der Waals surface area contributed by atoms with Crippen molar-refractivity contribution in [3.63, 3.8) is 0 Å². The molecule has 0 aromatic carbocycles. The molecule has 1 unspecified atom stereocenters. The molecule has 1 aliphatic heterocycles. The number of carbonyl (C=O) groups excluding carboxylic acids is 1. The van der Waals surface area contributed by atoms with E-state index in [9.17, 15) is 4.79 Å². The van der Waals surface area contributed by atoms with Crippen LogP contribution in [0.2, 0.25) is 0 Å². The lowest BCUT2D eigenvalue weighted by Gasteiger charge is -2.32. The largest absolute Gasteiger partial charge is 0.477 e. The molecule has 3 aromatic heterocycles. The van der Waals surface area contributed by atoms with Crippen LogP contribution < -0.4 is 9.47 Å². The number of thiophene rings is 1. The summed E-state index contributed by atoms with van der Waals surface area (Å²) in [6.45, 7) is 1.17. The first-order valence-corrected chi connectivity index (χ1v) is 9.92. The number of ether oxygens (including phenoxy) is 2. The van der Waals surface area contributed by atoms with E-state index < -0.39 is 0 Å². The molecular formula is C19H21N5O3S. The van der Waals surface area contributed by atoms with E-state index in [4.69, 9.17) is 9.47 Å². The zero-order valence-corrected chi connectivity index (χ0v) is 16.6. The number of nitrogens with zero attached hydrogens (tertiary/aromatic N) is 5. The van der Waals surface area contributed by atoms with E-state index in [0.29, 0.717) is 30.5 Å². The summed E-state index contributed by atoms with van der Waals surface area (Å²) in [5.41, 5.74) is 1.39. The van der Waals surface area contributed by atoms with Crippen LogP contribution in [0.3, 0.4) is 0 Å². The Morgan fingerprint density at radius 2 is 2.11 bits per heavy atom. The second kappa shape index (κ2) is 7.97. The predicted octanol–water partition coefficient (Wildman–Crippen LogP) is 2.63. The number of hydrogen-bond donors (Lipinski definition) is 0. The summed E-state index contributed by atoms with van der Waals surface area (Å²) in [5.74, 6) is 0.653. The van der Waals surface area contributed by atoms with Crippen LogP contribution in [0.1, 0.15) is 23.3 Å². The highest BCUT2D eigenvalue weighted by atomic mass is 32.1. The molecule has 8 nitrogen and oxygen atoms in total. The highest BCUT2D eigenvalue weighted by molar-refractivity contribution is 7.13. The van der Waals surface area contributed by atoms with Gasteiger partial charge in [-0.3, -0.25) is 9.48 Å². The molecule has 0 saturated carbocycles. The fraction of sp³-hybridized carbons (Fsp3) is 0.368. The number of rotatable bonds is 5. The van der Waals surface area contributed by atoms with Gasteiger partial charge >= 0.3 is 0 Å². The molecule has 9 heteroatoms. The summed E-state index contributed by atoms with van der Waals surface area (Å²) in [4.78, 5) is 24.2. The smallest absolute Gasteiger partial charge is 0.278 e. The average Bonchev–Trinajstić information content (AvgIpc) is 3.38. The van der Waals surface area contributed by atoms with Gasteiger partial charge in [-0.2, -0.15) is 5.10 Å². The van der Waals surface area contributed by atoms with Gasteiger partial charge in [-0.15, -0.1) is 11.3 Å². The molecule has 1 atom stereocenters. The van der Waals surface area contributed by atoms with Gasteiger partial charge in [0.25, 0.3) is 17.7 Å². The van der Waals surface area contributed by atoms with Crippen LogP contribution in [-0.4, -0.2) is 56.9 Å². The minimum atomic E-state index is -0.159. The highest BCUT2D eigenvalue weighted by Gasteiger charge is 2.28. The molecule has 1 aliphatic rings. The Labute approximate surface area is 166 Å². The van der Waals surface area contributed by atoms with Gasteiger partial charge in [-0.25, -0.2) is 9.97 Å². The van der Waals surface area contributed by atoms with Crippen LogP contribution in [0.4, 0.5) is 0 Å². The van der Waals surface area contributed by atoms with Crippen molar-refractivity contribution >= 4 is 17.2 Å². The Balaban J connectivity index is 1.48. The minimum Gasteiger partial charge on any atom is -0.477 e. The molecular weight excluding hydrogens is 378 g/mol. The number of carbonyl (C=O) groups is 1. The van der Waals surface area contributed by atoms with E-state index in [1.165, 1.54) is 7.11 Å². The first-order chi connectivity index (χ1) is 13.7. The predicted molar refractivity (Wildman–Crippen MR) is 105 cm³/mol. The highest BCUT2D eigenvalue weighted by Crippen LogP contribution is 2.26. The van der Waals surface area contributed by atoms with Crippen LogP contribution in [0, 0.1) is 0 Å². The molecule has 1 amide bonds. The third kappa shape index (κ3) is 3.70. The van der Waals surface area contributed by atoms with Gasteiger partial charge in [0, 0.05) is 26.0 Å². The monoisotopic (exact) mass is 399 g/mol. The lowest BCUT2D eigenvalue weighted by atomic mass is 10.1. The normalized spacial score (nSPS) is 16.8. The molecule has 4 heterocycles. The molecule has 1 saturated heterocycles. The van der Waals surface area contributed by atoms with E-state index in [-0.39, 0.29) is 12.0 Å². The molecule has 0 radical (unpaired) electrons. The van der Waals surface area contributed by atoms with Crippen molar-refractivity contribution in [2.75, 3.05) is 20.2 Å². The van der Waals surface area contributed by atoms with Crippen LogP contribution in [0.25, 0.3) is 10.6 Å². The van der Waals surface area contributed by atoms with Crippen molar-refractivity contribution in [1.82, 2.24) is 24.6 Å². The number of aryl methyl sites for hydroxylation is 1. The third-order valence-electron chi connectivity index (χ3n) is 4.64. The number of piperidine rings is 1. The van der Waals surface area contributed by atoms with Gasteiger partial charge in [0.05, 0.1) is 18.5 Å². The molecule has 0 N–H and O–H groups in total. The molecule has 0 aliphatic carbocycles. The lowest BCUT2D eigenvalue weighted by Crippen LogP contribution is -2.45. The van der Waals surface area contributed by atoms with E-state index >= 15 is 0 Å². The molecule has 0 bridgehead atoms. The van der Waals surface area contributed by atoms with E-state index in [1.807, 2.05) is 28.5 Å². The van der Waals surface area contributed by atoms with Crippen LogP contribution in [-0.2, 0) is 7.05 Å². The maximum Gasteiger partial charge on any atom is 0.278 e. The SMILES string of the molecule is COc1nccnc1OC1CCCN(C(=O)c2cc(-c3cccs3)nn2C)C1. The Kier molecular flexibility index (Phi) is 5.25. The summed E-state index contributed by atoms with van der Waals surface area (Å²) in [5, 5.41) is 6.49. The molecule has 28 heavy (non-hydrogen) atoms. The molecule has 1 fully saturated rings. The first kappa shape index (κ1) is 18.4. The Hall–Kier alpha value is -2.94. The molecule has 146 valence electrons. The van der Waals surface area contributed by atoms with Gasteiger partial charge in [-0.1, -0.05) is 6.07 Å². The van der Waals surface area contributed by atoms with Crippen molar-refractivity contribution in [2.24, 2.45) is 7.05 Å². The zero-order valence-electron chi connectivity index (χ0n) is 15.7.